The number of fused-ring (bicyclic) bond motifs is 1. The number of carbonyl (C=O) groups excluding carboxylic acids is 1. The molecule has 1 aromatic rings. The van der Waals surface area contributed by atoms with Gasteiger partial charge in [-0.25, -0.2) is 9.59 Å². The molecule has 0 bridgehead atoms. The molecule has 0 fully saturated rings. The zero-order valence-electron chi connectivity index (χ0n) is 13.6. The molecule has 22 heavy (non-hydrogen) atoms. The molecule has 2 N–H and O–H groups in total. The van der Waals surface area contributed by atoms with Crippen LogP contribution in [0.4, 0.5) is 9.80 Å². The van der Waals surface area contributed by atoms with Gasteiger partial charge in [-0.05, 0) is 51.0 Å². The average Bonchev–Trinajstić information content (AvgIpc) is 2.70. The molecule has 1 amide bonds. The topological polar surface area (TPSA) is 75.6 Å². The molecule has 1 aromatic heterocycles. The van der Waals surface area contributed by atoms with E-state index in [9.17, 15) is 14.7 Å². The van der Waals surface area contributed by atoms with Gasteiger partial charge in [-0.3, -0.25) is 5.32 Å². The third-order valence-electron chi connectivity index (χ3n) is 3.99. The highest BCUT2D eigenvalue weighted by molar-refractivity contribution is 7.17. The van der Waals surface area contributed by atoms with Crippen LogP contribution in [0, 0.1) is 5.92 Å². The van der Waals surface area contributed by atoms with Crippen LogP contribution >= 0.6 is 11.3 Å². The second kappa shape index (κ2) is 5.91. The van der Waals surface area contributed by atoms with Crippen molar-refractivity contribution in [2.24, 2.45) is 5.92 Å². The van der Waals surface area contributed by atoms with E-state index in [-0.39, 0.29) is 11.5 Å². The Morgan fingerprint density at radius 3 is 2.50 bits per heavy atom. The smallest absolute Gasteiger partial charge is 0.412 e. The summed E-state index contributed by atoms with van der Waals surface area (Å²) < 4.78 is 5.22. The molecular formula is C16H23NO4S. The first-order valence-electron chi connectivity index (χ1n) is 7.49. The number of carboxylic acids is 1. The van der Waals surface area contributed by atoms with Crippen molar-refractivity contribution in [2.75, 3.05) is 5.32 Å². The monoisotopic (exact) mass is 325 g/mol. The van der Waals surface area contributed by atoms with Crippen molar-refractivity contribution in [3.63, 3.8) is 0 Å². The first-order valence-corrected chi connectivity index (χ1v) is 8.30. The number of hydrogen-bond acceptors (Lipinski definition) is 4. The van der Waals surface area contributed by atoms with Crippen molar-refractivity contribution in [3.8, 4) is 0 Å². The van der Waals surface area contributed by atoms with Crippen molar-refractivity contribution in [2.45, 2.75) is 59.0 Å². The van der Waals surface area contributed by atoms with Crippen LogP contribution < -0.4 is 5.32 Å². The summed E-state index contributed by atoms with van der Waals surface area (Å²) in [5.74, 6) is -0.376. The largest absolute Gasteiger partial charge is 0.478 e. The van der Waals surface area contributed by atoms with E-state index in [4.69, 9.17) is 4.74 Å². The van der Waals surface area contributed by atoms with Crippen LogP contribution in [-0.2, 0) is 11.2 Å². The van der Waals surface area contributed by atoms with Gasteiger partial charge in [0.15, 0.2) is 0 Å². The lowest BCUT2D eigenvalue weighted by atomic mass is 9.79. The van der Waals surface area contributed by atoms with Crippen LogP contribution in [0.1, 0.15) is 67.8 Å². The molecule has 0 aliphatic heterocycles. The quantitative estimate of drug-likeness (QED) is 0.840. The van der Waals surface area contributed by atoms with Gasteiger partial charge in [-0.15, -0.1) is 11.3 Å². The lowest BCUT2D eigenvalue weighted by Crippen LogP contribution is -2.27. The van der Waals surface area contributed by atoms with E-state index in [1.807, 2.05) is 0 Å². The molecule has 2 rings (SSSR count). The molecule has 1 aliphatic rings. The van der Waals surface area contributed by atoms with Crippen molar-refractivity contribution < 1.29 is 19.4 Å². The summed E-state index contributed by atoms with van der Waals surface area (Å²) in [7, 11) is 0. The van der Waals surface area contributed by atoms with Gasteiger partial charge in [0.05, 0.1) is 5.56 Å². The van der Waals surface area contributed by atoms with Gasteiger partial charge in [0.1, 0.15) is 10.6 Å². The number of nitrogens with one attached hydrogen (secondary N) is 1. The van der Waals surface area contributed by atoms with E-state index < -0.39 is 17.7 Å². The number of carboxylic acid groups (broad SMARTS) is 1. The summed E-state index contributed by atoms with van der Waals surface area (Å²) in [6.07, 6.45) is 1.29. The van der Waals surface area contributed by atoms with Crippen molar-refractivity contribution >= 4 is 28.4 Å². The molecule has 0 saturated heterocycles. The number of carbonyl (C=O) groups is 2. The first-order chi connectivity index (χ1) is 10.1. The summed E-state index contributed by atoms with van der Waals surface area (Å²) in [5, 5.41) is 12.6. The fourth-order valence-electron chi connectivity index (χ4n) is 2.75. The van der Waals surface area contributed by atoms with E-state index in [1.165, 1.54) is 11.3 Å². The van der Waals surface area contributed by atoms with Gasteiger partial charge in [-0.1, -0.05) is 13.8 Å². The SMILES string of the molecule is CC1CCc2sc(NC(=O)OC(C)(C)C)c(C(=O)O)c2C1C. The summed E-state index contributed by atoms with van der Waals surface area (Å²) in [6, 6.07) is 0. The molecule has 2 atom stereocenters. The number of anilines is 1. The predicted molar refractivity (Wildman–Crippen MR) is 87.0 cm³/mol. The van der Waals surface area contributed by atoms with Gasteiger partial charge in [0, 0.05) is 4.88 Å². The number of aromatic carboxylic acids is 1. The summed E-state index contributed by atoms with van der Waals surface area (Å²) in [4.78, 5) is 24.7. The molecule has 1 aliphatic carbocycles. The molecule has 2 unspecified atom stereocenters. The minimum atomic E-state index is -0.996. The number of hydrogen-bond donors (Lipinski definition) is 2. The van der Waals surface area contributed by atoms with Crippen LogP contribution in [0.15, 0.2) is 0 Å². The number of aryl methyl sites for hydroxylation is 1. The minimum Gasteiger partial charge on any atom is -0.478 e. The number of amides is 1. The zero-order chi connectivity index (χ0) is 16.7. The highest BCUT2D eigenvalue weighted by Crippen LogP contribution is 2.45. The second-order valence-electron chi connectivity index (χ2n) is 6.88. The fourth-order valence-corrected chi connectivity index (χ4v) is 4.05. The molecule has 1 heterocycles. The molecule has 0 aromatic carbocycles. The lowest BCUT2D eigenvalue weighted by Gasteiger charge is -2.26. The van der Waals surface area contributed by atoms with Crippen LogP contribution in [0.3, 0.4) is 0 Å². The van der Waals surface area contributed by atoms with Crippen molar-refractivity contribution in [1.29, 1.82) is 0 Å². The third kappa shape index (κ3) is 3.43. The second-order valence-corrected chi connectivity index (χ2v) is 7.98. The molecule has 0 spiro atoms. The van der Waals surface area contributed by atoms with Crippen molar-refractivity contribution in [1.82, 2.24) is 0 Å². The Morgan fingerprint density at radius 2 is 1.95 bits per heavy atom. The zero-order valence-corrected chi connectivity index (χ0v) is 14.5. The Kier molecular flexibility index (Phi) is 4.52. The van der Waals surface area contributed by atoms with E-state index in [0.717, 1.165) is 23.3 Å². The minimum absolute atomic E-state index is 0.181. The summed E-state index contributed by atoms with van der Waals surface area (Å²) in [6.45, 7) is 9.51. The lowest BCUT2D eigenvalue weighted by molar-refractivity contribution is 0.0636. The number of thiophene rings is 1. The standard InChI is InChI=1S/C16H23NO4S/c1-8-6-7-10-11(9(8)2)12(14(18)19)13(22-10)17-15(20)21-16(3,4)5/h8-9H,6-7H2,1-5H3,(H,17,20)(H,18,19). The maximum Gasteiger partial charge on any atom is 0.412 e. The third-order valence-corrected chi connectivity index (χ3v) is 5.17. The Labute approximate surface area is 134 Å². The van der Waals surface area contributed by atoms with E-state index in [2.05, 4.69) is 19.2 Å². The molecule has 0 radical (unpaired) electrons. The van der Waals surface area contributed by atoms with Crippen LogP contribution in [0.5, 0.6) is 0 Å². The van der Waals surface area contributed by atoms with Gasteiger partial charge in [0.2, 0.25) is 0 Å². The van der Waals surface area contributed by atoms with E-state index >= 15 is 0 Å². The number of ether oxygens (including phenoxy) is 1. The Hall–Kier alpha value is -1.56. The van der Waals surface area contributed by atoms with Gasteiger partial charge >= 0.3 is 12.1 Å². The van der Waals surface area contributed by atoms with Gasteiger partial charge in [0.25, 0.3) is 0 Å². The first kappa shape index (κ1) is 16.8. The summed E-state index contributed by atoms with van der Waals surface area (Å²) in [5.41, 5.74) is 0.485. The van der Waals surface area contributed by atoms with Crippen LogP contribution in [0.25, 0.3) is 0 Å². The highest BCUT2D eigenvalue weighted by Gasteiger charge is 2.33. The normalized spacial score (nSPS) is 21.1. The molecule has 0 saturated carbocycles. The Morgan fingerprint density at radius 1 is 1.32 bits per heavy atom. The van der Waals surface area contributed by atoms with Crippen LogP contribution in [0.2, 0.25) is 0 Å². The van der Waals surface area contributed by atoms with Gasteiger partial charge in [-0.2, -0.15) is 0 Å². The highest BCUT2D eigenvalue weighted by atomic mass is 32.1. The Balaban J connectivity index is 2.35. The summed E-state index contributed by atoms with van der Waals surface area (Å²) >= 11 is 1.36. The molecule has 6 heteroatoms. The maximum absolute atomic E-state index is 11.9. The number of rotatable bonds is 2. The average molecular weight is 325 g/mol. The van der Waals surface area contributed by atoms with E-state index in [1.54, 1.807) is 20.8 Å². The molecule has 5 nitrogen and oxygen atoms in total. The fraction of sp³-hybridized carbons (Fsp3) is 0.625. The predicted octanol–water partition coefficient (Wildman–Crippen LogP) is 4.48. The Bertz CT molecular complexity index is 600. The maximum atomic E-state index is 11.9. The molecular weight excluding hydrogens is 302 g/mol. The molecule has 122 valence electrons. The van der Waals surface area contributed by atoms with Gasteiger partial charge < -0.3 is 9.84 Å². The van der Waals surface area contributed by atoms with E-state index in [0.29, 0.717) is 10.9 Å². The van der Waals surface area contributed by atoms with Crippen LogP contribution in [-0.4, -0.2) is 22.8 Å². The van der Waals surface area contributed by atoms with Crippen molar-refractivity contribution in [3.05, 3.63) is 16.0 Å².